The zero-order valence-corrected chi connectivity index (χ0v) is 15.7. The molecule has 0 N–H and O–H groups in total. The minimum atomic E-state index is 0.00359. The van der Waals surface area contributed by atoms with Crippen LogP contribution in [-0.2, 0) is 19.4 Å². The molecular weight excluding hydrogens is 354 g/mol. The lowest BCUT2D eigenvalue weighted by Gasteiger charge is -2.26. The summed E-state index contributed by atoms with van der Waals surface area (Å²) in [5, 5.41) is 8.92. The number of hydrogen-bond donors (Lipinski definition) is 0. The number of aromatic nitrogens is 6. The van der Waals surface area contributed by atoms with Crippen LogP contribution in [0.4, 0.5) is 5.82 Å². The second kappa shape index (κ2) is 7.18. The van der Waals surface area contributed by atoms with E-state index < -0.39 is 0 Å². The van der Waals surface area contributed by atoms with E-state index >= 15 is 0 Å². The van der Waals surface area contributed by atoms with Gasteiger partial charge in [0.15, 0.2) is 5.82 Å². The summed E-state index contributed by atoms with van der Waals surface area (Å²) in [4.78, 5) is 23.9. The van der Waals surface area contributed by atoms with Crippen LogP contribution in [0.15, 0.2) is 41.7 Å². The number of fused-ring (bicyclic) bond motifs is 1. The van der Waals surface area contributed by atoms with Crippen molar-refractivity contribution in [2.24, 2.45) is 0 Å². The fraction of sp³-hybridized carbons (Fsp3) is 0.450. The molecule has 0 aromatic carbocycles. The fourth-order valence-corrected chi connectivity index (χ4v) is 4.26. The van der Waals surface area contributed by atoms with Crippen LogP contribution in [0.25, 0.3) is 5.82 Å². The Bertz CT molecular complexity index is 1030. The first-order valence-corrected chi connectivity index (χ1v) is 9.96. The Morgan fingerprint density at radius 1 is 1.11 bits per heavy atom. The van der Waals surface area contributed by atoms with Gasteiger partial charge in [-0.1, -0.05) is 0 Å². The van der Waals surface area contributed by atoms with Crippen LogP contribution in [0.1, 0.15) is 36.9 Å². The Kier molecular flexibility index (Phi) is 4.38. The SMILES string of the molecule is O=c1cc2c(nn1CC1CCCN1c1cncc(-n3cccn3)n1)CCCC2. The first kappa shape index (κ1) is 17.1. The smallest absolute Gasteiger partial charge is 0.267 e. The van der Waals surface area contributed by atoms with Crippen LogP contribution in [0, 0.1) is 0 Å². The van der Waals surface area contributed by atoms with Crippen molar-refractivity contribution in [3.05, 3.63) is 58.5 Å². The number of nitrogens with zero attached hydrogens (tertiary/aromatic N) is 7. The van der Waals surface area contributed by atoms with E-state index in [2.05, 4.69) is 20.1 Å². The Morgan fingerprint density at radius 3 is 2.89 bits per heavy atom. The maximum Gasteiger partial charge on any atom is 0.267 e. The second-order valence-electron chi connectivity index (χ2n) is 7.52. The molecule has 5 rings (SSSR count). The summed E-state index contributed by atoms with van der Waals surface area (Å²) in [7, 11) is 0. The van der Waals surface area contributed by atoms with Crippen molar-refractivity contribution in [3.63, 3.8) is 0 Å². The van der Waals surface area contributed by atoms with Gasteiger partial charge in [-0.2, -0.15) is 10.2 Å². The summed E-state index contributed by atoms with van der Waals surface area (Å²) in [6.07, 6.45) is 13.4. The monoisotopic (exact) mass is 377 g/mol. The van der Waals surface area contributed by atoms with Gasteiger partial charge in [0.05, 0.1) is 30.7 Å². The van der Waals surface area contributed by atoms with Gasteiger partial charge in [0, 0.05) is 25.0 Å². The van der Waals surface area contributed by atoms with Gasteiger partial charge in [-0.25, -0.2) is 14.3 Å². The van der Waals surface area contributed by atoms with Gasteiger partial charge in [-0.15, -0.1) is 0 Å². The van der Waals surface area contributed by atoms with Crippen LogP contribution in [0.5, 0.6) is 0 Å². The lowest BCUT2D eigenvalue weighted by Crippen LogP contribution is -2.38. The van der Waals surface area contributed by atoms with Crippen molar-refractivity contribution >= 4 is 5.82 Å². The summed E-state index contributed by atoms with van der Waals surface area (Å²) in [5.74, 6) is 1.51. The van der Waals surface area contributed by atoms with Crippen LogP contribution in [-0.4, -0.2) is 42.1 Å². The topological polar surface area (TPSA) is 81.7 Å². The molecule has 144 valence electrons. The van der Waals surface area contributed by atoms with Crippen LogP contribution in [0.2, 0.25) is 0 Å². The highest BCUT2D eigenvalue weighted by Gasteiger charge is 2.27. The summed E-state index contributed by atoms with van der Waals surface area (Å²) in [5.41, 5.74) is 2.23. The molecule has 1 unspecified atom stereocenters. The van der Waals surface area contributed by atoms with Crippen molar-refractivity contribution in [3.8, 4) is 5.82 Å². The summed E-state index contributed by atoms with van der Waals surface area (Å²) in [6.45, 7) is 1.49. The molecule has 0 saturated carbocycles. The highest BCUT2D eigenvalue weighted by Crippen LogP contribution is 2.25. The predicted octanol–water partition coefficient (Wildman–Crippen LogP) is 1.77. The van der Waals surface area contributed by atoms with Crippen molar-refractivity contribution in [1.82, 2.24) is 29.5 Å². The van der Waals surface area contributed by atoms with E-state index in [4.69, 9.17) is 4.98 Å². The molecule has 1 saturated heterocycles. The summed E-state index contributed by atoms with van der Waals surface area (Å²) < 4.78 is 3.36. The molecule has 0 radical (unpaired) electrons. The molecule has 8 heteroatoms. The lowest BCUT2D eigenvalue weighted by molar-refractivity contribution is 0.472. The van der Waals surface area contributed by atoms with E-state index in [1.807, 2.05) is 12.3 Å². The van der Waals surface area contributed by atoms with Crippen molar-refractivity contribution in [1.29, 1.82) is 0 Å². The van der Waals surface area contributed by atoms with Crippen molar-refractivity contribution < 1.29 is 0 Å². The van der Waals surface area contributed by atoms with Crippen LogP contribution < -0.4 is 10.5 Å². The van der Waals surface area contributed by atoms with Gasteiger partial charge in [-0.3, -0.25) is 9.78 Å². The molecular formula is C20H23N7O. The Labute approximate surface area is 162 Å². The maximum atomic E-state index is 12.6. The number of aryl methyl sites for hydroxylation is 2. The maximum absolute atomic E-state index is 12.6. The molecule has 0 spiro atoms. The van der Waals surface area contributed by atoms with Crippen LogP contribution >= 0.6 is 0 Å². The third-order valence-electron chi connectivity index (χ3n) is 5.68. The quantitative estimate of drug-likeness (QED) is 0.689. The van der Waals surface area contributed by atoms with Gasteiger partial charge < -0.3 is 4.90 Å². The fourth-order valence-electron chi connectivity index (χ4n) is 4.26. The van der Waals surface area contributed by atoms with E-state index in [0.29, 0.717) is 12.4 Å². The molecule has 2 aliphatic rings. The molecule has 3 aromatic rings. The Morgan fingerprint density at radius 2 is 2.00 bits per heavy atom. The molecule has 1 atom stereocenters. The van der Waals surface area contributed by atoms with Crippen LogP contribution in [0.3, 0.4) is 0 Å². The van der Waals surface area contributed by atoms with E-state index in [-0.39, 0.29) is 11.6 Å². The summed E-state index contributed by atoms with van der Waals surface area (Å²) in [6, 6.07) is 3.84. The van der Waals surface area contributed by atoms with Gasteiger partial charge in [0.1, 0.15) is 5.82 Å². The molecule has 1 aliphatic heterocycles. The zero-order chi connectivity index (χ0) is 18.9. The van der Waals surface area contributed by atoms with E-state index in [1.165, 1.54) is 0 Å². The Hall–Kier alpha value is -3.03. The average molecular weight is 377 g/mol. The third-order valence-corrected chi connectivity index (χ3v) is 5.68. The molecule has 1 fully saturated rings. The van der Waals surface area contributed by atoms with E-state index in [0.717, 1.165) is 62.1 Å². The third kappa shape index (κ3) is 3.19. The standard InChI is InChI=1S/C20H23N7O/c28-20-11-15-5-1-2-7-17(15)24-27(20)14-16-6-3-9-25(16)18-12-21-13-19(23-18)26-10-4-8-22-26/h4,8,10-13,16H,1-3,5-7,9,14H2. The minimum absolute atomic E-state index is 0.00359. The summed E-state index contributed by atoms with van der Waals surface area (Å²) >= 11 is 0. The van der Waals surface area contributed by atoms with Crippen molar-refractivity contribution in [2.75, 3.05) is 11.4 Å². The molecule has 0 amide bonds. The number of rotatable bonds is 4. The number of anilines is 1. The largest absolute Gasteiger partial charge is 0.350 e. The van der Waals surface area contributed by atoms with Gasteiger partial charge in [0.2, 0.25) is 0 Å². The first-order chi connectivity index (χ1) is 13.8. The molecule has 28 heavy (non-hydrogen) atoms. The molecule has 8 nitrogen and oxygen atoms in total. The van der Waals surface area contributed by atoms with Gasteiger partial charge >= 0.3 is 0 Å². The van der Waals surface area contributed by atoms with E-state index in [9.17, 15) is 4.79 Å². The highest BCUT2D eigenvalue weighted by molar-refractivity contribution is 5.41. The molecule has 4 heterocycles. The zero-order valence-electron chi connectivity index (χ0n) is 15.7. The van der Waals surface area contributed by atoms with Gasteiger partial charge in [-0.05, 0) is 50.2 Å². The van der Waals surface area contributed by atoms with E-state index in [1.54, 1.807) is 34.0 Å². The Balaban J connectivity index is 1.41. The van der Waals surface area contributed by atoms with Crippen molar-refractivity contribution in [2.45, 2.75) is 51.1 Å². The number of hydrogen-bond acceptors (Lipinski definition) is 6. The second-order valence-corrected chi connectivity index (χ2v) is 7.52. The average Bonchev–Trinajstić information content (AvgIpc) is 3.41. The first-order valence-electron chi connectivity index (χ1n) is 9.96. The van der Waals surface area contributed by atoms with Gasteiger partial charge in [0.25, 0.3) is 5.56 Å². The molecule has 3 aromatic heterocycles. The normalized spacial score (nSPS) is 19.0. The lowest BCUT2D eigenvalue weighted by atomic mass is 9.97. The highest BCUT2D eigenvalue weighted by atomic mass is 16.1. The minimum Gasteiger partial charge on any atom is -0.350 e. The predicted molar refractivity (Wildman–Crippen MR) is 105 cm³/mol. The molecule has 0 bridgehead atoms. The molecule has 1 aliphatic carbocycles.